The van der Waals surface area contributed by atoms with E-state index in [1.807, 2.05) is 6.20 Å². The van der Waals surface area contributed by atoms with Gasteiger partial charge in [0.2, 0.25) is 0 Å². The van der Waals surface area contributed by atoms with Gasteiger partial charge in [0.15, 0.2) is 0 Å². The summed E-state index contributed by atoms with van der Waals surface area (Å²) in [6, 6.07) is 2.81. The monoisotopic (exact) mass is 190 g/mol. The average molecular weight is 190 g/mol. The molecule has 0 bridgehead atoms. The second-order valence-corrected chi connectivity index (χ2v) is 4.35. The number of rotatable bonds is 1. The molecule has 1 aromatic rings. The second kappa shape index (κ2) is 3.60. The number of aryl methyl sites for hydroxylation is 2. The van der Waals surface area contributed by atoms with Crippen molar-refractivity contribution in [3.8, 4) is 0 Å². The Kier molecular flexibility index (Phi) is 2.44. The zero-order valence-corrected chi connectivity index (χ0v) is 9.25. The SMILES string of the molecule is Cc1cc2c(cn1)CCCN2C(C)C. The van der Waals surface area contributed by atoms with E-state index < -0.39 is 0 Å². The molecule has 0 saturated carbocycles. The standard InChI is InChI=1S/C12H18N2/c1-9(2)14-6-4-5-11-8-13-10(3)7-12(11)14/h7-9H,4-6H2,1-3H3. The lowest BCUT2D eigenvalue weighted by molar-refractivity contribution is 0.623. The lowest BCUT2D eigenvalue weighted by atomic mass is 10.0. The van der Waals surface area contributed by atoms with E-state index >= 15 is 0 Å². The fourth-order valence-corrected chi connectivity index (χ4v) is 2.13. The van der Waals surface area contributed by atoms with Crippen LogP contribution in [0.1, 0.15) is 31.5 Å². The second-order valence-electron chi connectivity index (χ2n) is 4.35. The maximum atomic E-state index is 4.36. The van der Waals surface area contributed by atoms with Gasteiger partial charge in [0, 0.05) is 30.2 Å². The molecule has 0 N–H and O–H groups in total. The van der Waals surface area contributed by atoms with E-state index in [0.29, 0.717) is 6.04 Å². The van der Waals surface area contributed by atoms with Gasteiger partial charge in [-0.05, 0) is 45.2 Å². The molecule has 2 heteroatoms. The Bertz CT molecular complexity index is 331. The molecule has 76 valence electrons. The maximum absolute atomic E-state index is 4.36. The Hall–Kier alpha value is -1.05. The van der Waals surface area contributed by atoms with Gasteiger partial charge in [-0.2, -0.15) is 0 Å². The third kappa shape index (κ3) is 1.61. The lowest BCUT2D eigenvalue weighted by Crippen LogP contribution is -2.35. The Morgan fingerprint density at radius 1 is 1.43 bits per heavy atom. The zero-order valence-electron chi connectivity index (χ0n) is 9.25. The fraction of sp³-hybridized carbons (Fsp3) is 0.583. The molecule has 0 aliphatic carbocycles. The van der Waals surface area contributed by atoms with Crippen molar-refractivity contribution in [2.75, 3.05) is 11.4 Å². The number of hydrogen-bond donors (Lipinski definition) is 0. The number of anilines is 1. The number of hydrogen-bond acceptors (Lipinski definition) is 2. The molecule has 0 fully saturated rings. The third-order valence-electron chi connectivity index (χ3n) is 2.88. The number of pyridine rings is 1. The summed E-state index contributed by atoms with van der Waals surface area (Å²) in [6.07, 6.45) is 4.49. The van der Waals surface area contributed by atoms with Gasteiger partial charge in [0.05, 0.1) is 0 Å². The molecule has 1 aromatic heterocycles. The van der Waals surface area contributed by atoms with Crippen LogP contribution in [0.15, 0.2) is 12.3 Å². The number of fused-ring (bicyclic) bond motifs is 1. The third-order valence-corrected chi connectivity index (χ3v) is 2.88. The quantitative estimate of drug-likeness (QED) is 0.676. The predicted octanol–water partition coefficient (Wildman–Crippen LogP) is 2.55. The van der Waals surface area contributed by atoms with E-state index in [1.165, 1.54) is 30.6 Å². The van der Waals surface area contributed by atoms with E-state index in [2.05, 4.69) is 36.7 Å². The van der Waals surface area contributed by atoms with Gasteiger partial charge in [0.1, 0.15) is 0 Å². The highest BCUT2D eigenvalue weighted by atomic mass is 15.2. The molecular formula is C12H18N2. The van der Waals surface area contributed by atoms with Crippen LogP contribution in [0.2, 0.25) is 0 Å². The largest absolute Gasteiger partial charge is 0.369 e. The van der Waals surface area contributed by atoms with E-state index in [1.54, 1.807) is 0 Å². The molecule has 0 aromatic carbocycles. The van der Waals surface area contributed by atoms with Crippen LogP contribution in [-0.4, -0.2) is 17.6 Å². The van der Waals surface area contributed by atoms with Gasteiger partial charge in [-0.15, -0.1) is 0 Å². The highest BCUT2D eigenvalue weighted by molar-refractivity contribution is 5.55. The first kappa shape index (κ1) is 9.50. The Morgan fingerprint density at radius 3 is 2.93 bits per heavy atom. The van der Waals surface area contributed by atoms with Gasteiger partial charge in [-0.25, -0.2) is 0 Å². The molecule has 0 saturated heterocycles. The Morgan fingerprint density at radius 2 is 2.21 bits per heavy atom. The van der Waals surface area contributed by atoms with Crippen molar-refractivity contribution in [2.24, 2.45) is 0 Å². The van der Waals surface area contributed by atoms with Crippen molar-refractivity contribution in [3.05, 3.63) is 23.5 Å². The van der Waals surface area contributed by atoms with E-state index in [9.17, 15) is 0 Å². The maximum Gasteiger partial charge on any atom is 0.0434 e. The highest BCUT2D eigenvalue weighted by Crippen LogP contribution is 2.28. The minimum absolute atomic E-state index is 0.593. The van der Waals surface area contributed by atoms with Crippen molar-refractivity contribution in [1.29, 1.82) is 0 Å². The summed E-state index contributed by atoms with van der Waals surface area (Å²) in [6.45, 7) is 7.76. The molecular weight excluding hydrogens is 172 g/mol. The lowest BCUT2D eigenvalue weighted by Gasteiger charge is -2.34. The molecule has 0 unspecified atom stereocenters. The van der Waals surface area contributed by atoms with Crippen LogP contribution < -0.4 is 4.90 Å². The minimum atomic E-state index is 0.593. The molecule has 0 atom stereocenters. The smallest absolute Gasteiger partial charge is 0.0434 e. The van der Waals surface area contributed by atoms with Crippen LogP contribution in [-0.2, 0) is 6.42 Å². The molecule has 2 nitrogen and oxygen atoms in total. The van der Waals surface area contributed by atoms with Crippen molar-refractivity contribution in [3.63, 3.8) is 0 Å². The molecule has 2 heterocycles. The molecule has 1 aliphatic rings. The summed E-state index contributed by atoms with van der Waals surface area (Å²) in [7, 11) is 0. The average Bonchev–Trinajstić information content (AvgIpc) is 2.16. The first-order valence-corrected chi connectivity index (χ1v) is 5.40. The normalized spacial score (nSPS) is 15.9. The number of nitrogens with zero attached hydrogens (tertiary/aromatic N) is 2. The first-order valence-electron chi connectivity index (χ1n) is 5.40. The Balaban J connectivity index is 2.41. The van der Waals surface area contributed by atoms with Gasteiger partial charge in [-0.3, -0.25) is 4.98 Å². The van der Waals surface area contributed by atoms with Gasteiger partial charge < -0.3 is 4.90 Å². The van der Waals surface area contributed by atoms with Gasteiger partial charge in [0.25, 0.3) is 0 Å². The van der Waals surface area contributed by atoms with Crippen LogP contribution in [0.3, 0.4) is 0 Å². The van der Waals surface area contributed by atoms with E-state index in [-0.39, 0.29) is 0 Å². The molecule has 0 spiro atoms. The van der Waals surface area contributed by atoms with E-state index in [4.69, 9.17) is 0 Å². The first-order chi connectivity index (χ1) is 6.68. The zero-order chi connectivity index (χ0) is 10.1. The molecule has 0 radical (unpaired) electrons. The Labute approximate surface area is 86.0 Å². The van der Waals surface area contributed by atoms with Crippen molar-refractivity contribution in [1.82, 2.24) is 4.98 Å². The van der Waals surface area contributed by atoms with Crippen LogP contribution in [0, 0.1) is 6.92 Å². The minimum Gasteiger partial charge on any atom is -0.369 e. The molecule has 1 aliphatic heterocycles. The predicted molar refractivity (Wildman–Crippen MR) is 59.8 cm³/mol. The van der Waals surface area contributed by atoms with Crippen LogP contribution in [0.4, 0.5) is 5.69 Å². The summed E-state index contributed by atoms with van der Waals surface area (Å²) in [5.74, 6) is 0. The van der Waals surface area contributed by atoms with Crippen molar-refractivity contribution >= 4 is 5.69 Å². The van der Waals surface area contributed by atoms with Crippen LogP contribution >= 0.6 is 0 Å². The van der Waals surface area contributed by atoms with Crippen LogP contribution in [0.25, 0.3) is 0 Å². The van der Waals surface area contributed by atoms with Crippen molar-refractivity contribution < 1.29 is 0 Å². The summed E-state index contributed by atoms with van der Waals surface area (Å²) >= 11 is 0. The van der Waals surface area contributed by atoms with Crippen LogP contribution in [0.5, 0.6) is 0 Å². The molecule has 14 heavy (non-hydrogen) atoms. The van der Waals surface area contributed by atoms with Crippen molar-refractivity contribution in [2.45, 2.75) is 39.7 Å². The summed E-state index contributed by atoms with van der Waals surface area (Å²) < 4.78 is 0. The topological polar surface area (TPSA) is 16.1 Å². The van der Waals surface area contributed by atoms with E-state index in [0.717, 1.165) is 5.69 Å². The fourth-order valence-electron chi connectivity index (χ4n) is 2.13. The van der Waals surface area contributed by atoms with Gasteiger partial charge in [-0.1, -0.05) is 0 Å². The number of aromatic nitrogens is 1. The molecule has 2 rings (SSSR count). The molecule has 0 amide bonds. The van der Waals surface area contributed by atoms with Gasteiger partial charge >= 0.3 is 0 Å². The highest BCUT2D eigenvalue weighted by Gasteiger charge is 2.18. The summed E-state index contributed by atoms with van der Waals surface area (Å²) in [5.41, 5.74) is 3.94. The summed E-state index contributed by atoms with van der Waals surface area (Å²) in [5, 5.41) is 0. The summed E-state index contributed by atoms with van der Waals surface area (Å²) in [4.78, 5) is 6.84.